The van der Waals surface area contributed by atoms with Crippen LogP contribution in [0.3, 0.4) is 0 Å². The summed E-state index contributed by atoms with van der Waals surface area (Å²) in [6.45, 7) is 19.2. The van der Waals surface area contributed by atoms with Crippen molar-refractivity contribution >= 4 is 17.9 Å². The highest BCUT2D eigenvalue weighted by molar-refractivity contribution is 5.92. The van der Waals surface area contributed by atoms with Crippen molar-refractivity contribution in [3.63, 3.8) is 0 Å². The van der Waals surface area contributed by atoms with E-state index in [1.807, 2.05) is 52.8 Å². The standard InChI is InChI=1S/C29H49N3O4/c1-11-12-13-14-15-18-32(26(34)22(4)30-27(35)36-29(8,9)10)24(25(33)31-28(5,6)7)23-19-20(2)16-17-21(23)3/h16-17,19,22,24H,11-15,18H2,1-10H3,(H,30,35)(H,31,33). The molecule has 0 fully saturated rings. The molecule has 0 saturated heterocycles. The third-order valence-corrected chi connectivity index (χ3v) is 5.68. The van der Waals surface area contributed by atoms with Gasteiger partial charge in [0.25, 0.3) is 0 Å². The van der Waals surface area contributed by atoms with Crippen molar-refractivity contribution < 1.29 is 19.1 Å². The van der Waals surface area contributed by atoms with Crippen molar-refractivity contribution in [3.8, 4) is 0 Å². The Morgan fingerprint density at radius 2 is 1.58 bits per heavy atom. The normalized spacial score (nSPS) is 13.5. The van der Waals surface area contributed by atoms with E-state index in [1.54, 1.807) is 32.6 Å². The number of hydrogen-bond donors (Lipinski definition) is 2. The van der Waals surface area contributed by atoms with Crippen LogP contribution in [-0.4, -0.2) is 46.5 Å². The molecular formula is C29H49N3O4. The van der Waals surface area contributed by atoms with Gasteiger partial charge in [0.05, 0.1) is 0 Å². The molecule has 0 radical (unpaired) electrons. The van der Waals surface area contributed by atoms with Gasteiger partial charge in [-0.2, -0.15) is 0 Å². The van der Waals surface area contributed by atoms with Gasteiger partial charge in [0.2, 0.25) is 11.8 Å². The van der Waals surface area contributed by atoms with Gasteiger partial charge in [0.1, 0.15) is 17.7 Å². The number of aryl methyl sites for hydroxylation is 2. The van der Waals surface area contributed by atoms with Crippen LogP contribution in [0.4, 0.5) is 4.79 Å². The Morgan fingerprint density at radius 1 is 0.972 bits per heavy atom. The van der Waals surface area contributed by atoms with Crippen LogP contribution in [0.15, 0.2) is 18.2 Å². The second-order valence-corrected chi connectivity index (χ2v) is 11.8. The first-order valence-electron chi connectivity index (χ1n) is 13.2. The zero-order valence-electron chi connectivity index (χ0n) is 24.2. The summed E-state index contributed by atoms with van der Waals surface area (Å²) in [6.07, 6.45) is 4.41. The summed E-state index contributed by atoms with van der Waals surface area (Å²) in [4.78, 5) is 41.6. The fourth-order valence-electron chi connectivity index (χ4n) is 3.99. The fraction of sp³-hybridized carbons (Fsp3) is 0.690. The summed E-state index contributed by atoms with van der Waals surface area (Å²) < 4.78 is 5.36. The lowest BCUT2D eigenvalue weighted by Crippen LogP contribution is -2.54. The monoisotopic (exact) mass is 503 g/mol. The van der Waals surface area contributed by atoms with E-state index in [2.05, 4.69) is 17.6 Å². The number of nitrogens with one attached hydrogen (secondary N) is 2. The zero-order valence-corrected chi connectivity index (χ0v) is 24.2. The number of amides is 3. The third kappa shape index (κ3) is 11.0. The molecule has 0 spiro atoms. The molecule has 0 aliphatic rings. The van der Waals surface area contributed by atoms with E-state index in [0.717, 1.165) is 48.8 Å². The van der Waals surface area contributed by atoms with E-state index in [4.69, 9.17) is 4.74 Å². The predicted octanol–water partition coefficient (Wildman–Crippen LogP) is 5.97. The molecule has 36 heavy (non-hydrogen) atoms. The molecular weight excluding hydrogens is 454 g/mol. The lowest BCUT2D eigenvalue weighted by atomic mass is 9.95. The van der Waals surface area contributed by atoms with Crippen LogP contribution in [0, 0.1) is 13.8 Å². The summed E-state index contributed by atoms with van der Waals surface area (Å²) in [5, 5.41) is 5.74. The van der Waals surface area contributed by atoms with Crippen molar-refractivity contribution in [2.24, 2.45) is 0 Å². The highest BCUT2D eigenvalue weighted by Gasteiger charge is 2.36. The van der Waals surface area contributed by atoms with E-state index in [-0.39, 0.29) is 11.8 Å². The number of alkyl carbamates (subject to hydrolysis) is 1. The van der Waals surface area contributed by atoms with Crippen LogP contribution in [-0.2, 0) is 14.3 Å². The van der Waals surface area contributed by atoms with Gasteiger partial charge in [0, 0.05) is 12.1 Å². The maximum Gasteiger partial charge on any atom is 0.408 e. The van der Waals surface area contributed by atoms with Gasteiger partial charge >= 0.3 is 6.09 Å². The Kier molecular flexibility index (Phi) is 11.9. The number of carbonyl (C=O) groups is 3. The van der Waals surface area contributed by atoms with Crippen molar-refractivity contribution in [3.05, 3.63) is 34.9 Å². The lowest BCUT2D eigenvalue weighted by Gasteiger charge is -2.36. The summed E-state index contributed by atoms with van der Waals surface area (Å²) in [7, 11) is 0. The third-order valence-electron chi connectivity index (χ3n) is 5.68. The van der Waals surface area contributed by atoms with E-state index < -0.39 is 29.3 Å². The van der Waals surface area contributed by atoms with Crippen LogP contribution in [0.5, 0.6) is 0 Å². The molecule has 1 rings (SSSR count). The summed E-state index contributed by atoms with van der Waals surface area (Å²) in [5.41, 5.74) is 1.59. The summed E-state index contributed by atoms with van der Waals surface area (Å²) in [6, 6.07) is 4.29. The fourth-order valence-corrected chi connectivity index (χ4v) is 3.99. The number of ether oxygens (including phenoxy) is 1. The highest BCUT2D eigenvalue weighted by Crippen LogP contribution is 2.28. The molecule has 0 heterocycles. The van der Waals surface area contributed by atoms with Crippen LogP contribution in [0.25, 0.3) is 0 Å². The van der Waals surface area contributed by atoms with Crippen molar-refractivity contribution in [2.45, 2.75) is 125 Å². The molecule has 7 nitrogen and oxygen atoms in total. The number of carbonyl (C=O) groups excluding carboxylic acids is 3. The van der Waals surface area contributed by atoms with Crippen LogP contribution in [0.2, 0.25) is 0 Å². The first-order chi connectivity index (χ1) is 16.6. The second kappa shape index (κ2) is 13.7. The topological polar surface area (TPSA) is 87.7 Å². The smallest absolute Gasteiger partial charge is 0.408 e. The first kappa shape index (κ1) is 31.5. The van der Waals surface area contributed by atoms with Crippen molar-refractivity contribution in [1.82, 2.24) is 15.5 Å². The second-order valence-electron chi connectivity index (χ2n) is 11.8. The number of unbranched alkanes of at least 4 members (excludes halogenated alkanes) is 4. The number of nitrogens with zero attached hydrogens (tertiary/aromatic N) is 1. The molecule has 2 atom stereocenters. The van der Waals surface area contributed by atoms with Gasteiger partial charge in [-0.25, -0.2) is 4.79 Å². The van der Waals surface area contributed by atoms with E-state index in [1.165, 1.54) is 0 Å². The number of hydrogen-bond acceptors (Lipinski definition) is 4. The zero-order chi connectivity index (χ0) is 27.7. The Morgan fingerprint density at radius 3 is 2.14 bits per heavy atom. The van der Waals surface area contributed by atoms with Gasteiger partial charge in [-0.1, -0.05) is 56.4 Å². The van der Waals surface area contributed by atoms with Gasteiger partial charge in [-0.15, -0.1) is 0 Å². The van der Waals surface area contributed by atoms with Gasteiger partial charge < -0.3 is 20.3 Å². The van der Waals surface area contributed by atoms with Gasteiger partial charge in [-0.05, 0) is 79.9 Å². The lowest BCUT2D eigenvalue weighted by molar-refractivity contribution is -0.142. The molecule has 1 aromatic rings. The van der Waals surface area contributed by atoms with Crippen LogP contribution < -0.4 is 10.6 Å². The van der Waals surface area contributed by atoms with Crippen LogP contribution in [0.1, 0.15) is 110 Å². The maximum absolute atomic E-state index is 13.8. The maximum atomic E-state index is 13.8. The SMILES string of the molecule is CCCCCCCN(C(=O)C(C)NC(=O)OC(C)(C)C)C(C(=O)NC(C)(C)C)c1cc(C)ccc1C. The summed E-state index contributed by atoms with van der Waals surface area (Å²) in [5.74, 6) is -0.547. The molecule has 0 aromatic heterocycles. The Labute approximate surface area is 218 Å². The molecule has 3 amide bonds. The van der Waals surface area contributed by atoms with Crippen LogP contribution >= 0.6 is 0 Å². The largest absolute Gasteiger partial charge is 0.444 e. The summed E-state index contributed by atoms with van der Waals surface area (Å²) >= 11 is 0. The molecule has 0 aliphatic heterocycles. The van der Waals surface area contributed by atoms with Gasteiger partial charge in [-0.3, -0.25) is 9.59 Å². The molecule has 2 unspecified atom stereocenters. The van der Waals surface area contributed by atoms with Crippen molar-refractivity contribution in [1.29, 1.82) is 0 Å². The minimum atomic E-state index is -0.856. The number of benzene rings is 1. The van der Waals surface area contributed by atoms with E-state index >= 15 is 0 Å². The minimum absolute atomic E-state index is 0.234. The molecule has 0 saturated carbocycles. The number of rotatable bonds is 11. The minimum Gasteiger partial charge on any atom is -0.444 e. The highest BCUT2D eigenvalue weighted by atomic mass is 16.6. The molecule has 7 heteroatoms. The molecule has 204 valence electrons. The van der Waals surface area contributed by atoms with E-state index in [9.17, 15) is 14.4 Å². The molecule has 0 aliphatic carbocycles. The average Bonchev–Trinajstić information content (AvgIpc) is 2.71. The first-order valence-corrected chi connectivity index (χ1v) is 13.2. The van der Waals surface area contributed by atoms with E-state index in [0.29, 0.717) is 6.54 Å². The quantitative estimate of drug-likeness (QED) is 0.364. The van der Waals surface area contributed by atoms with Crippen molar-refractivity contribution in [2.75, 3.05) is 6.54 Å². The molecule has 2 N–H and O–H groups in total. The predicted molar refractivity (Wildman–Crippen MR) is 146 cm³/mol. The Hall–Kier alpha value is -2.57. The average molecular weight is 504 g/mol. The molecule has 1 aromatic carbocycles. The molecule has 0 bridgehead atoms. The van der Waals surface area contributed by atoms with Gasteiger partial charge in [0.15, 0.2) is 0 Å². The Bertz CT molecular complexity index is 883. The Balaban J connectivity index is 3.40.